The number of nitrogens with zero attached hydrogens (tertiary/aromatic N) is 2. The summed E-state index contributed by atoms with van der Waals surface area (Å²) in [4.78, 5) is 13.2. The van der Waals surface area contributed by atoms with E-state index in [0.29, 0.717) is 0 Å². The van der Waals surface area contributed by atoms with Gasteiger partial charge in [0.15, 0.2) is 0 Å². The number of benzene rings is 3. The van der Waals surface area contributed by atoms with Gasteiger partial charge in [0.25, 0.3) is 0 Å². The Morgan fingerprint density at radius 3 is 2.00 bits per heavy atom. The molecule has 0 saturated heterocycles. The molecule has 0 fully saturated rings. The van der Waals surface area contributed by atoms with Crippen LogP contribution in [0, 0.1) is 0 Å². The summed E-state index contributed by atoms with van der Waals surface area (Å²) in [5.41, 5.74) is 5.59. The predicted molar refractivity (Wildman–Crippen MR) is 132 cm³/mol. The number of urea groups is 1. The highest BCUT2D eigenvalue weighted by atomic mass is 16.2. The maximum absolute atomic E-state index is 13.2. The minimum atomic E-state index is -0.196. The molecule has 5 nitrogen and oxygen atoms in total. The van der Waals surface area contributed by atoms with Gasteiger partial charge < -0.3 is 5.32 Å². The maximum atomic E-state index is 13.2. The fourth-order valence-corrected chi connectivity index (χ4v) is 4.58. The monoisotopic (exact) mass is 436 g/mol. The molecule has 166 valence electrons. The van der Waals surface area contributed by atoms with Gasteiger partial charge in [-0.1, -0.05) is 78.9 Å². The molecular weight excluding hydrogens is 408 g/mol. The number of rotatable bonds is 7. The summed E-state index contributed by atoms with van der Waals surface area (Å²) in [6.45, 7) is 0. The first-order valence-corrected chi connectivity index (χ1v) is 11.6. The van der Waals surface area contributed by atoms with Crippen LogP contribution in [0.5, 0.6) is 0 Å². The second kappa shape index (κ2) is 9.74. The van der Waals surface area contributed by atoms with E-state index in [-0.39, 0.29) is 12.1 Å². The largest absolute Gasteiger partial charge is 0.334 e. The standard InChI is InChI=1S/C28H28N4O/c33-28(29-23(19-21-11-4-1-5-12-21)20-22-13-6-2-7-14-22)30-27-25-17-10-18-26(25)31-32(27)24-15-8-3-9-16-24/h1-9,11-16,23H,10,17-20H2,(H2,29,30,33). The zero-order valence-corrected chi connectivity index (χ0v) is 18.6. The Morgan fingerprint density at radius 2 is 1.39 bits per heavy atom. The number of hydrogen-bond acceptors (Lipinski definition) is 2. The lowest BCUT2D eigenvalue weighted by molar-refractivity contribution is 0.248. The molecule has 0 saturated carbocycles. The predicted octanol–water partition coefficient (Wildman–Crippen LogP) is 5.34. The van der Waals surface area contributed by atoms with Crippen molar-refractivity contribution in [1.29, 1.82) is 0 Å². The highest BCUT2D eigenvalue weighted by Gasteiger charge is 2.25. The lowest BCUT2D eigenvalue weighted by Gasteiger charge is -2.20. The lowest BCUT2D eigenvalue weighted by atomic mass is 9.99. The van der Waals surface area contributed by atoms with Crippen LogP contribution in [0.4, 0.5) is 10.6 Å². The minimum Gasteiger partial charge on any atom is -0.334 e. The number of carbonyl (C=O) groups is 1. The van der Waals surface area contributed by atoms with Crippen molar-refractivity contribution in [3.63, 3.8) is 0 Å². The number of aryl methyl sites for hydroxylation is 1. The van der Waals surface area contributed by atoms with Crippen molar-refractivity contribution >= 4 is 11.8 Å². The molecule has 0 bridgehead atoms. The van der Waals surface area contributed by atoms with Crippen LogP contribution in [0.1, 0.15) is 28.8 Å². The van der Waals surface area contributed by atoms with E-state index in [1.54, 1.807) is 0 Å². The summed E-state index contributed by atoms with van der Waals surface area (Å²) in [5, 5.41) is 11.2. The summed E-state index contributed by atoms with van der Waals surface area (Å²) in [6, 6.07) is 30.4. The zero-order valence-electron chi connectivity index (χ0n) is 18.6. The SMILES string of the molecule is O=C(Nc1c2c(nn1-c1ccccc1)CCC2)NC(Cc1ccccc1)Cc1ccccc1. The van der Waals surface area contributed by atoms with E-state index in [1.807, 2.05) is 71.4 Å². The summed E-state index contributed by atoms with van der Waals surface area (Å²) in [6.07, 6.45) is 4.50. The van der Waals surface area contributed by atoms with E-state index >= 15 is 0 Å². The minimum absolute atomic E-state index is 0.0315. The Kier molecular flexibility index (Phi) is 6.20. The number of amides is 2. The Bertz CT molecular complexity index is 1160. The second-order valence-corrected chi connectivity index (χ2v) is 8.55. The molecule has 5 heteroatoms. The molecule has 0 unspecified atom stereocenters. The first kappa shape index (κ1) is 21.0. The van der Waals surface area contributed by atoms with Gasteiger partial charge in [0.2, 0.25) is 0 Å². The normalized spacial score (nSPS) is 12.5. The quantitative estimate of drug-likeness (QED) is 0.411. The summed E-state index contributed by atoms with van der Waals surface area (Å²) < 4.78 is 1.87. The molecule has 1 heterocycles. The highest BCUT2D eigenvalue weighted by molar-refractivity contribution is 5.90. The Morgan fingerprint density at radius 1 is 0.818 bits per heavy atom. The zero-order chi connectivity index (χ0) is 22.5. The Hall–Kier alpha value is -3.86. The molecule has 2 N–H and O–H groups in total. The van der Waals surface area contributed by atoms with Crippen LogP contribution in [0.3, 0.4) is 0 Å². The first-order valence-electron chi connectivity index (χ1n) is 11.6. The van der Waals surface area contributed by atoms with Crippen molar-refractivity contribution in [3.05, 3.63) is 113 Å². The van der Waals surface area contributed by atoms with Crippen LogP contribution in [-0.4, -0.2) is 21.9 Å². The third-order valence-electron chi connectivity index (χ3n) is 6.12. The van der Waals surface area contributed by atoms with Gasteiger partial charge in [0.1, 0.15) is 5.82 Å². The molecule has 4 aromatic rings. The Labute approximate surface area is 194 Å². The topological polar surface area (TPSA) is 59.0 Å². The van der Waals surface area contributed by atoms with E-state index in [9.17, 15) is 4.79 Å². The van der Waals surface area contributed by atoms with E-state index in [4.69, 9.17) is 5.10 Å². The Balaban J connectivity index is 1.37. The average molecular weight is 437 g/mol. The lowest BCUT2D eigenvalue weighted by Crippen LogP contribution is -2.41. The number of aromatic nitrogens is 2. The van der Waals surface area contributed by atoms with Crippen molar-refractivity contribution in [1.82, 2.24) is 15.1 Å². The van der Waals surface area contributed by atoms with Crippen LogP contribution in [0.15, 0.2) is 91.0 Å². The molecule has 0 spiro atoms. The van der Waals surface area contributed by atoms with Gasteiger partial charge in [0, 0.05) is 11.6 Å². The van der Waals surface area contributed by atoms with Crippen LogP contribution in [-0.2, 0) is 25.7 Å². The van der Waals surface area contributed by atoms with Crippen LogP contribution < -0.4 is 10.6 Å². The van der Waals surface area contributed by atoms with E-state index in [2.05, 4.69) is 34.9 Å². The molecule has 1 aromatic heterocycles. The van der Waals surface area contributed by atoms with Crippen LogP contribution in [0.2, 0.25) is 0 Å². The third kappa shape index (κ3) is 4.98. The number of anilines is 1. The van der Waals surface area contributed by atoms with E-state index in [1.165, 1.54) is 11.1 Å². The van der Waals surface area contributed by atoms with Crippen molar-refractivity contribution in [2.24, 2.45) is 0 Å². The molecule has 5 rings (SSSR count). The number of hydrogen-bond donors (Lipinski definition) is 2. The smallest absolute Gasteiger partial charge is 0.320 e. The van der Waals surface area contributed by atoms with E-state index < -0.39 is 0 Å². The van der Waals surface area contributed by atoms with Gasteiger partial charge in [-0.2, -0.15) is 5.10 Å². The van der Waals surface area contributed by atoms with Gasteiger partial charge >= 0.3 is 6.03 Å². The molecule has 0 radical (unpaired) electrons. The van der Waals surface area contributed by atoms with Gasteiger partial charge in [-0.15, -0.1) is 0 Å². The molecule has 1 aliphatic carbocycles. The van der Waals surface area contributed by atoms with Crippen molar-refractivity contribution in [2.45, 2.75) is 38.1 Å². The molecule has 3 aromatic carbocycles. The van der Waals surface area contributed by atoms with Crippen molar-refractivity contribution in [2.75, 3.05) is 5.32 Å². The third-order valence-corrected chi connectivity index (χ3v) is 6.12. The van der Waals surface area contributed by atoms with Gasteiger partial charge in [0.05, 0.1) is 11.4 Å². The van der Waals surface area contributed by atoms with Gasteiger partial charge in [-0.3, -0.25) is 5.32 Å². The molecule has 1 aliphatic rings. The van der Waals surface area contributed by atoms with E-state index in [0.717, 1.165) is 54.9 Å². The van der Waals surface area contributed by atoms with Crippen LogP contribution in [0.25, 0.3) is 5.69 Å². The van der Waals surface area contributed by atoms with Gasteiger partial charge in [-0.05, 0) is 55.4 Å². The first-order chi connectivity index (χ1) is 16.3. The van der Waals surface area contributed by atoms with Crippen molar-refractivity contribution < 1.29 is 4.79 Å². The summed E-state index contributed by atoms with van der Waals surface area (Å²) in [7, 11) is 0. The number of para-hydroxylation sites is 1. The molecule has 33 heavy (non-hydrogen) atoms. The number of nitrogens with one attached hydrogen (secondary N) is 2. The second-order valence-electron chi connectivity index (χ2n) is 8.55. The number of fused-ring (bicyclic) bond motifs is 1. The summed E-state index contributed by atoms with van der Waals surface area (Å²) in [5.74, 6) is 0.782. The average Bonchev–Trinajstić information content (AvgIpc) is 3.44. The molecular formula is C28H28N4O. The molecule has 0 aliphatic heterocycles. The number of carbonyl (C=O) groups excluding carboxylic acids is 1. The van der Waals surface area contributed by atoms with Crippen LogP contribution >= 0.6 is 0 Å². The fourth-order valence-electron chi connectivity index (χ4n) is 4.58. The highest BCUT2D eigenvalue weighted by Crippen LogP contribution is 2.30. The molecule has 0 atom stereocenters. The molecule has 2 amide bonds. The fraction of sp³-hybridized carbons (Fsp3) is 0.214. The summed E-state index contributed by atoms with van der Waals surface area (Å²) >= 11 is 0. The van der Waals surface area contributed by atoms with Crippen molar-refractivity contribution in [3.8, 4) is 5.69 Å². The van der Waals surface area contributed by atoms with Gasteiger partial charge in [-0.25, -0.2) is 9.48 Å². The maximum Gasteiger partial charge on any atom is 0.320 e.